The zero-order valence-corrected chi connectivity index (χ0v) is 11.1. The maximum Gasteiger partial charge on any atom is 0.411 e. The molecule has 0 radical (unpaired) electrons. The zero-order valence-electron chi connectivity index (χ0n) is 11.1. The molecule has 0 spiro atoms. The molecule has 0 heterocycles. The lowest BCUT2D eigenvalue weighted by Crippen LogP contribution is -2.35. The highest BCUT2D eigenvalue weighted by molar-refractivity contribution is 4.86. The van der Waals surface area contributed by atoms with Crippen molar-refractivity contribution in [1.82, 2.24) is 0 Å². The van der Waals surface area contributed by atoms with Crippen LogP contribution in [0.5, 0.6) is 0 Å². The Hall–Kier alpha value is -0.290. The van der Waals surface area contributed by atoms with Gasteiger partial charge < -0.3 is 10.5 Å². The first kappa shape index (κ1) is 15.8. The third kappa shape index (κ3) is 5.57. The van der Waals surface area contributed by atoms with Gasteiger partial charge >= 0.3 is 6.18 Å². The van der Waals surface area contributed by atoms with Gasteiger partial charge in [-0.3, -0.25) is 0 Å². The topological polar surface area (TPSA) is 35.2 Å². The van der Waals surface area contributed by atoms with Gasteiger partial charge in [0.15, 0.2) is 0 Å². The molecular formula is C13H24F3NO. The second-order valence-corrected chi connectivity index (χ2v) is 5.68. The molecular weight excluding hydrogens is 243 g/mol. The number of nitrogens with two attached hydrogens (primary N) is 1. The monoisotopic (exact) mass is 267 g/mol. The highest BCUT2D eigenvalue weighted by Crippen LogP contribution is 2.41. The highest BCUT2D eigenvalue weighted by atomic mass is 19.4. The molecule has 0 aromatic rings. The van der Waals surface area contributed by atoms with Gasteiger partial charge in [0.1, 0.15) is 6.61 Å². The lowest BCUT2D eigenvalue weighted by atomic mass is 9.68. The molecule has 0 aromatic carbocycles. The van der Waals surface area contributed by atoms with Crippen molar-refractivity contribution >= 4 is 0 Å². The summed E-state index contributed by atoms with van der Waals surface area (Å²) >= 11 is 0. The number of hydrogen-bond donors (Lipinski definition) is 1. The molecule has 1 saturated carbocycles. The summed E-state index contributed by atoms with van der Waals surface area (Å²) < 4.78 is 40.3. The summed E-state index contributed by atoms with van der Waals surface area (Å²) in [6.07, 6.45) is 1.96. The lowest BCUT2D eigenvalue weighted by Gasteiger charge is -2.39. The van der Waals surface area contributed by atoms with E-state index in [2.05, 4.69) is 11.7 Å². The second kappa shape index (κ2) is 6.75. The molecule has 2 atom stereocenters. The van der Waals surface area contributed by atoms with E-state index in [1.165, 1.54) is 12.8 Å². The molecule has 108 valence electrons. The Morgan fingerprint density at radius 2 is 2.11 bits per heavy atom. The SMILES string of the molecule is CC1CCCC(CN)(CCCOCC(F)(F)F)C1. The van der Waals surface area contributed by atoms with Gasteiger partial charge in [0.25, 0.3) is 0 Å². The molecule has 1 fully saturated rings. The average Bonchev–Trinajstić information content (AvgIpc) is 2.27. The molecule has 5 heteroatoms. The molecule has 0 aromatic heterocycles. The second-order valence-electron chi connectivity index (χ2n) is 5.68. The smallest absolute Gasteiger partial charge is 0.372 e. The van der Waals surface area contributed by atoms with Crippen LogP contribution in [0.15, 0.2) is 0 Å². The van der Waals surface area contributed by atoms with Crippen molar-refractivity contribution in [2.45, 2.75) is 51.6 Å². The van der Waals surface area contributed by atoms with Crippen LogP contribution >= 0.6 is 0 Å². The number of alkyl halides is 3. The fourth-order valence-corrected chi connectivity index (χ4v) is 3.02. The van der Waals surface area contributed by atoms with E-state index in [-0.39, 0.29) is 12.0 Å². The van der Waals surface area contributed by atoms with Crippen LogP contribution in [0.1, 0.15) is 45.4 Å². The Bertz CT molecular complexity index is 245. The molecule has 1 rings (SSSR count). The van der Waals surface area contributed by atoms with Gasteiger partial charge in [0.05, 0.1) is 0 Å². The third-order valence-electron chi connectivity index (χ3n) is 3.88. The van der Waals surface area contributed by atoms with Crippen LogP contribution in [0.4, 0.5) is 13.2 Å². The predicted molar refractivity (Wildman–Crippen MR) is 65.2 cm³/mol. The van der Waals surface area contributed by atoms with Gasteiger partial charge in [0, 0.05) is 6.61 Å². The first-order valence-electron chi connectivity index (χ1n) is 6.71. The minimum atomic E-state index is -4.22. The summed E-state index contributed by atoms with van der Waals surface area (Å²) in [7, 11) is 0. The van der Waals surface area contributed by atoms with Crippen molar-refractivity contribution in [3.8, 4) is 0 Å². The quantitative estimate of drug-likeness (QED) is 0.747. The van der Waals surface area contributed by atoms with Crippen LogP contribution < -0.4 is 5.73 Å². The first-order valence-corrected chi connectivity index (χ1v) is 6.71. The van der Waals surface area contributed by atoms with Crippen molar-refractivity contribution in [3.05, 3.63) is 0 Å². The van der Waals surface area contributed by atoms with Crippen molar-refractivity contribution in [3.63, 3.8) is 0 Å². The van der Waals surface area contributed by atoms with E-state index in [4.69, 9.17) is 5.73 Å². The highest BCUT2D eigenvalue weighted by Gasteiger charge is 2.33. The van der Waals surface area contributed by atoms with Gasteiger partial charge in [-0.05, 0) is 43.6 Å². The number of ether oxygens (including phenoxy) is 1. The molecule has 0 saturated heterocycles. The van der Waals surface area contributed by atoms with E-state index in [9.17, 15) is 13.2 Å². The van der Waals surface area contributed by atoms with E-state index in [1.807, 2.05) is 0 Å². The normalized spacial score (nSPS) is 29.5. The molecule has 0 bridgehead atoms. The zero-order chi connectivity index (χ0) is 13.6. The Labute approximate surface area is 107 Å². The number of hydrogen-bond acceptors (Lipinski definition) is 2. The molecule has 1 aliphatic rings. The largest absolute Gasteiger partial charge is 0.411 e. The van der Waals surface area contributed by atoms with Gasteiger partial charge in [-0.1, -0.05) is 19.8 Å². The minimum absolute atomic E-state index is 0.138. The summed E-state index contributed by atoms with van der Waals surface area (Å²) in [6, 6.07) is 0. The summed E-state index contributed by atoms with van der Waals surface area (Å²) in [5, 5.41) is 0. The lowest BCUT2D eigenvalue weighted by molar-refractivity contribution is -0.174. The Balaban J connectivity index is 2.23. The van der Waals surface area contributed by atoms with Gasteiger partial charge in [-0.2, -0.15) is 13.2 Å². The van der Waals surface area contributed by atoms with Crippen LogP contribution in [-0.2, 0) is 4.74 Å². The van der Waals surface area contributed by atoms with Crippen molar-refractivity contribution < 1.29 is 17.9 Å². The van der Waals surface area contributed by atoms with Gasteiger partial charge in [-0.25, -0.2) is 0 Å². The standard InChI is InChI=1S/C13H24F3NO/c1-11-4-2-5-12(8-11,9-17)6-3-7-18-10-13(14,15)16/h11H,2-10,17H2,1H3. The molecule has 18 heavy (non-hydrogen) atoms. The van der Waals surface area contributed by atoms with Gasteiger partial charge in [0.2, 0.25) is 0 Å². The van der Waals surface area contributed by atoms with Crippen LogP contribution in [-0.4, -0.2) is 25.9 Å². The van der Waals surface area contributed by atoms with Crippen LogP contribution in [0.3, 0.4) is 0 Å². The molecule has 0 aliphatic heterocycles. The van der Waals surface area contributed by atoms with E-state index >= 15 is 0 Å². The number of halogens is 3. The van der Waals surface area contributed by atoms with E-state index < -0.39 is 12.8 Å². The molecule has 2 N–H and O–H groups in total. The molecule has 0 amide bonds. The maximum absolute atomic E-state index is 11.9. The van der Waals surface area contributed by atoms with Gasteiger partial charge in [-0.15, -0.1) is 0 Å². The number of rotatable bonds is 6. The summed E-state index contributed by atoms with van der Waals surface area (Å²) in [4.78, 5) is 0. The Morgan fingerprint density at radius 3 is 2.67 bits per heavy atom. The molecule has 1 aliphatic carbocycles. The third-order valence-corrected chi connectivity index (χ3v) is 3.88. The Morgan fingerprint density at radius 1 is 1.39 bits per heavy atom. The first-order chi connectivity index (χ1) is 8.37. The predicted octanol–water partition coefficient (Wildman–Crippen LogP) is 3.50. The van der Waals surface area contributed by atoms with Crippen molar-refractivity contribution in [2.75, 3.05) is 19.8 Å². The van der Waals surface area contributed by atoms with E-state index in [0.717, 1.165) is 19.3 Å². The minimum Gasteiger partial charge on any atom is -0.372 e. The fourth-order valence-electron chi connectivity index (χ4n) is 3.02. The van der Waals surface area contributed by atoms with Crippen molar-refractivity contribution in [1.29, 1.82) is 0 Å². The Kier molecular flexibility index (Phi) is 5.92. The van der Waals surface area contributed by atoms with Crippen LogP contribution in [0, 0.1) is 11.3 Å². The van der Waals surface area contributed by atoms with E-state index in [0.29, 0.717) is 18.9 Å². The molecule has 2 unspecified atom stereocenters. The van der Waals surface area contributed by atoms with E-state index in [1.54, 1.807) is 0 Å². The fraction of sp³-hybridized carbons (Fsp3) is 1.00. The van der Waals surface area contributed by atoms with Crippen LogP contribution in [0.25, 0.3) is 0 Å². The van der Waals surface area contributed by atoms with Crippen LogP contribution in [0.2, 0.25) is 0 Å². The summed E-state index contributed by atoms with van der Waals surface area (Å²) in [6.45, 7) is 1.90. The van der Waals surface area contributed by atoms with Crippen molar-refractivity contribution in [2.24, 2.45) is 17.1 Å². The summed E-state index contributed by atoms with van der Waals surface area (Å²) in [5.74, 6) is 0.679. The maximum atomic E-state index is 11.9. The average molecular weight is 267 g/mol. The molecule has 2 nitrogen and oxygen atoms in total. The summed E-state index contributed by atoms with van der Waals surface area (Å²) in [5.41, 5.74) is 6.00.